The molecule has 0 bridgehead atoms. The van der Waals surface area contributed by atoms with E-state index in [0.717, 1.165) is 6.07 Å². The van der Waals surface area contributed by atoms with E-state index >= 15 is 0 Å². The van der Waals surface area contributed by atoms with Crippen LogP contribution < -0.4 is 0 Å². The second-order valence-electron chi connectivity index (χ2n) is 2.79. The number of phenols is 2. The predicted molar refractivity (Wildman–Crippen MR) is 53.5 cm³/mol. The lowest BCUT2D eigenvalue weighted by Gasteiger charge is -2.04. The Morgan fingerprint density at radius 1 is 1.47 bits per heavy atom. The third-order valence-corrected chi connectivity index (χ3v) is 1.68. The van der Waals surface area contributed by atoms with Gasteiger partial charge in [-0.05, 0) is 12.1 Å². The fourth-order valence-corrected chi connectivity index (χ4v) is 0.973. The molecule has 0 unspecified atom stereocenters. The maximum atomic E-state index is 11.3. The molecule has 0 aliphatic heterocycles. The zero-order valence-corrected chi connectivity index (χ0v) is 7.93. The SMILES string of the molecule is C#CCCOC(=O)c1ccc(O)cc1O. The van der Waals surface area contributed by atoms with Crippen LogP contribution >= 0.6 is 0 Å². The van der Waals surface area contributed by atoms with Crippen LogP contribution in [0.5, 0.6) is 11.5 Å². The van der Waals surface area contributed by atoms with Crippen molar-refractivity contribution in [3.63, 3.8) is 0 Å². The number of carbonyl (C=O) groups excluding carboxylic acids is 1. The van der Waals surface area contributed by atoms with Crippen molar-refractivity contribution in [3.05, 3.63) is 23.8 Å². The fourth-order valence-electron chi connectivity index (χ4n) is 0.973. The predicted octanol–water partition coefficient (Wildman–Crippen LogP) is 1.28. The molecule has 0 atom stereocenters. The lowest BCUT2D eigenvalue weighted by atomic mass is 10.2. The number of phenolic OH excluding ortho intramolecular Hbond substituents is 2. The van der Waals surface area contributed by atoms with E-state index in [1.165, 1.54) is 12.1 Å². The minimum absolute atomic E-state index is 0.00446. The van der Waals surface area contributed by atoms with E-state index in [0.29, 0.717) is 6.42 Å². The zero-order valence-electron chi connectivity index (χ0n) is 7.93. The third-order valence-electron chi connectivity index (χ3n) is 1.68. The first-order chi connectivity index (χ1) is 7.15. The summed E-state index contributed by atoms with van der Waals surface area (Å²) in [6, 6.07) is 3.64. The van der Waals surface area contributed by atoms with Gasteiger partial charge in [0.25, 0.3) is 0 Å². The molecule has 2 N–H and O–H groups in total. The molecule has 0 aromatic heterocycles. The van der Waals surface area contributed by atoms with Gasteiger partial charge in [0, 0.05) is 12.5 Å². The van der Waals surface area contributed by atoms with Crippen LogP contribution in [0.25, 0.3) is 0 Å². The first kappa shape index (κ1) is 10.9. The molecule has 0 saturated heterocycles. The highest BCUT2D eigenvalue weighted by atomic mass is 16.5. The third kappa shape index (κ3) is 2.92. The average molecular weight is 206 g/mol. The molecule has 0 fully saturated rings. The van der Waals surface area contributed by atoms with E-state index in [2.05, 4.69) is 5.92 Å². The highest BCUT2D eigenvalue weighted by molar-refractivity contribution is 5.92. The summed E-state index contributed by atoms with van der Waals surface area (Å²) < 4.78 is 4.77. The summed E-state index contributed by atoms with van der Waals surface area (Å²) in [5.41, 5.74) is 0.00446. The molecule has 0 aliphatic rings. The van der Waals surface area contributed by atoms with Gasteiger partial charge in [-0.25, -0.2) is 4.79 Å². The van der Waals surface area contributed by atoms with E-state index in [4.69, 9.17) is 16.3 Å². The molecule has 78 valence electrons. The summed E-state index contributed by atoms with van der Waals surface area (Å²) in [5.74, 6) is 1.22. The number of aromatic hydroxyl groups is 2. The number of ether oxygens (including phenoxy) is 1. The number of hydrogen-bond acceptors (Lipinski definition) is 4. The van der Waals surface area contributed by atoms with Gasteiger partial charge in [-0.2, -0.15) is 0 Å². The summed E-state index contributed by atoms with van der Waals surface area (Å²) in [5, 5.41) is 18.3. The van der Waals surface area contributed by atoms with Crippen LogP contribution in [0.4, 0.5) is 0 Å². The quantitative estimate of drug-likeness (QED) is 0.444. The summed E-state index contributed by atoms with van der Waals surface area (Å²) in [6.45, 7) is 0.107. The van der Waals surface area contributed by atoms with Crippen molar-refractivity contribution in [2.75, 3.05) is 6.61 Å². The summed E-state index contributed by atoms with van der Waals surface area (Å²) in [4.78, 5) is 11.3. The molecule has 15 heavy (non-hydrogen) atoms. The molecule has 1 rings (SSSR count). The van der Waals surface area contributed by atoms with E-state index in [1.807, 2.05) is 0 Å². The number of benzene rings is 1. The molecule has 0 spiro atoms. The van der Waals surface area contributed by atoms with Crippen molar-refractivity contribution in [1.29, 1.82) is 0 Å². The Bertz CT molecular complexity index is 404. The molecular formula is C11H10O4. The molecule has 0 radical (unpaired) electrons. The molecule has 0 aliphatic carbocycles. The Kier molecular flexibility index (Phi) is 3.58. The molecule has 0 amide bonds. The normalized spacial score (nSPS) is 9.27. The molecule has 0 saturated carbocycles. The summed E-state index contributed by atoms with van der Waals surface area (Å²) in [7, 11) is 0. The van der Waals surface area contributed by atoms with Gasteiger partial charge in [-0.1, -0.05) is 0 Å². The Balaban J connectivity index is 2.70. The van der Waals surface area contributed by atoms with E-state index in [9.17, 15) is 9.90 Å². The molecule has 0 heterocycles. The van der Waals surface area contributed by atoms with Crippen LogP contribution in [-0.2, 0) is 4.74 Å². The minimum Gasteiger partial charge on any atom is -0.508 e. The van der Waals surface area contributed by atoms with Crippen LogP contribution in [0.3, 0.4) is 0 Å². The van der Waals surface area contributed by atoms with Crippen molar-refractivity contribution < 1.29 is 19.7 Å². The van der Waals surface area contributed by atoms with Gasteiger partial charge in [-0.3, -0.25) is 0 Å². The first-order valence-corrected chi connectivity index (χ1v) is 4.27. The van der Waals surface area contributed by atoms with Crippen LogP contribution in [0.1, 0.15) is 16.8 Å². The van der Waals surface area contributed by atoms with Gasteiger partial charge >= 0.3 is 5.97 Å². The number of carbonyl (C=O) groups is 1. The lowest BCUT2D eigenvalue weighted by molar-refractivity contribution is 0.0510. The van der Waals surface area contributed by atoms with Gasteiger partial charge in [0.1, 0.15) is 23.7 Å². The molecule has 4 nitrogen and oxygen atoms in total. The van der Waals surface area contributed by atoms with Crippen molar-refractivity contribution in [2.45, 2.75) is 6.42 Å². The number of rotatable bonds is 3. The summed E-state index contributed by atoms with van der Waals surface area (Å²) >= 11 is 0. The van der Waals surface area contributed by atoms with Crippen molar-refractivity contribution in [3.8, 4) is 23.8 Å². The first-order valence-electron chi connectivity index (χ1n) is 4.27. The molecule has 4 heteroatoms. The number of esters is 1. The fraction of sp³-hybridized carbons (Fsp3) is 0.182. The minimum atomic E-state index is -0.664. The number of hydrogen-bond donors (Lipinski definition) is 2. The Labute approximate surface area is 87.1 Å². The highest BCUT2D eigenvalue weighted by Crippen LogP contribution is 2.23. The van der Waals surface area contributed by atoms with Crippen molar-refractivity contribution in [2.24, 2.45) is 0 Å². The van der Waals surface area contributed by atoms with Crippen molar-refractivity contribution >= 4 is 5.97 Å². The highest BCUT2D eigenvalue weighted by Gasteiger charge is 2.12. The maximum absolute atomic E-state index is 11.3. The Morgan fingerprint density at radius 3 is 2.80 bits per heavy atom. The Hall–Kier alpha value is -2.15. The van der Waals surface area contributed by atoms with E-state index in [1.54, 1.807) is 0 Å². The van der Waals surface area contributed by atoms with Crippen LogP contribution in [0.2, 0.25) is 0 Å². The second-order valence-corrected chi connectivity index (χ2v) is 2.79. The van der Waals surface area contributed by atoms with Gasteiger partial charge in [0.2, 0.25) is 0 Å². The number of terminal acetylenes is 1. The van der Waals surface area contributed by atoms with Gasteiger partial charge < -0.3 is 14.9 Å². The molecular weight excluding hydrogens is 196 g/mol. The van der Waals surface area contributed by atoms with Crippen LogP contribution in [-0.4, -0.2) is 22.8 Å². The standard InChI is InChI=1S/C11H10O4/c1-2-3-6-15-11(14)9-5-4-8(12)7-10(9)13/h1,4-5,7,12-13H,3,6H2. The molecule has 1 aromatic rings. The van der Waals surface area contributed by atoms with Crippen LogP contribution in [0, 0.1) is 12.3 Å². The zero-order chi connectivity index (χ0) is 11.3. The maximum Gasteiger partial charge on any atom is 0.341 e. The molecule has 1 aromatic carbocycles. The van der Waals surface area contributed by atoms with Crippen LogP contribution in [0.15, 0.2) is 18.2 Å². The second kappa shape index (κ2) is 4.91. The monoisotopic (exact) mass is 206 g/mol. The van der Waals surface area contributed by atoms with Gasteiger partial charge in [0.05, 0.1) is 0 Å². The van der Waals surface area contributed by atoms with Gasteiger partial charge in [0.15, 0.2) is 0 Å². The van der Waals surface area contributed by atoms with E-state index < -0.39 is 5.97 Å². The van der Waals surface area contributed by atoms with E-state index in [-0.39, 0.29) is 23.7 Å². The van der Waals surface area contributed by atoms with Crippen molar-refractivity contribution in [1.82, 2.24) is 0 Å². The summed E-state index contributed by atoms with van der Waals surface area (Å²) in [6.07, 6.45) is 5.30. The smallest absolute Gasteiger partial charge is 0.341 e. The Morgan fingerprint density at radius 2 is 2.20 bits per heavy atom. The lowest BCUT2D eigenvalue weighted by Crippen LogP contribution is -2.06. The largest absolute Gasteiger partial charge is 0.508 e. The van der Waals surface area contributed by atoms with Gasteiger partial charge in [-0.15, -0.1) is 12.3 Å². The average Bonchev–Trinajstić information content (AvgIpc) is 2.17. The topological polar surface area (TPSA) is 66.8 Å².